The second-order valence-electron chi connectivity index (χ2n) is 7.10. The maximum atomic E-state index is 12.1. The first kappa shape index (κ1) is 23.5. The SMILES string of the molecule is CSc1nc(NCc2ccccc2)c([N+](=O)[O-])c(Oc2cc(C#N)ccc2Oc2ccccc2)n1. The van der Waals surface area contributed by atoms with Crippen molar-refractivity contribution < 1.29 is 14.4 Å². The van der Waals surface area contributed by atoms with Gasteiger partial charge in [-0.3, -0.25) is 10.1 Å². The number of benzene rings is 3. The second kappa shape index (κ2) is 11.0. The lowest BCUT2D eigenvalue weighted by Crippen LogP contribution is -2.08. The maximum Gasteiger partial charge on any atom is 0.373 e. The molecular formula is C25H19N5O4S. The van der Waals surface area contributed by atoms with Crippen LogP contribution in [0, 0.1) is 21.4 Å². The molecule has 1 heterocycles. The Morgan fingerprint density at radius 1 is 1.00 bits per heavy atom. The third kappa shape index (κ3) is 5.85. The molecule has 0 aliphatic carbocycles. The molecule has 4 aromatic rings. The molecule has 10 heteroatoms. The minimum atomic E-state index is -0.599. The Balaban J connectivity index is 1.74. The summed E-state index contributed by atoms with van der Waals surface area (Å²) in [6.07, 6.45) is 1.76. The molecule has 1 N–H and O–H groups in total. The first-order valence-electron chi connectivity index (χ1n) is 10.4. The van der Waals surface area contributed by atoms with E-state index in [-0.39, 0.29) is 28.4 Å². The van der Waals surface area contributed by atoms with Crippen LogP contribution in [0.15, 0.2) is 84.0 Å². The Morgan fingerprint density at radius 2 is 1.71 bits per heavy atom. The van der Waals surface area contributed by atoms with E-state index < -0.39 is 10.6 Å². The van der Waals surface area contributed by atoms with Crippen LogP contribution in [0.25, 0.3) is 0 Å². The van der Waals surface area contributed by atoms with Gasteiger partial charge in [-0.15, -0.1) is 0 Å². The number of nitro groups is 1. The fourth-order valence-electron chi connectivity index (χ4n) is 3.11. The van der Waals surface area contributed by atoms with Crippen LogP contribution in [0.1, 0.15) is 11.1 Å². The summed E-state index contributed by atoms with van der Waals surface area (Å²) in [6.45, 7) is 0.318. The molecule has 0 spiro atoms. The Hall–Kier alpha value is -4.62. The summed E-state index contributed by atoms with van der Waals surface area (Å²) in [4.78, 5) is 20.0. The monoisotopic (exact) mass is 485 g/mol. The summed E-state index contributed by atoms with van der Waals surface area (Å²) in [5.74, 6) is 0.672. The zero-order valence-electron chi connectivity index (χ0n) is 18.5. The van der Waals surface area contributed by atoms with Crippen LogP contribution in [0.4, 0.5) is 11.5 Å². The lowest BCUT2D eigenvalue weighted by Gasteiger charge is -2.14. The largest absolute Gasteiger partial charge is 0.453 e. The number of hydrogen-bond donors (Lipinski definition) is 1. The van der Waals surface area contributed by atoms with E-state index in [9.17, 15) is 15.4 Å². The highest BCUT2D eigenvalue weighted by molar-refractivity contribution is 7.98. The average molecular weight is 486 g/mol. The van der Waals surface area contributed by atoms with E-state index in [1.54, 1.807) is 30.5 Å². The predicted octanol–water partition coefficient (Wildman–Crippen LogP) is 6.18. The third-order valence-corrected chi connectivity index (χ3v) is 5.30. The van der Waals surface area contributed by atoms with Crippen molar-refractivity contribution in [2.45, 2.75) is 11.7 Å². The second-order valence-corrected chi connectivity index (χ2v) is 7.87. The van der Waals surface area contributed by atoms with Crippen molar-refractivity contribution >= 4 is 23.3 Å². The molecule has 0 unspecified atom stereocenters. The molecular weight excluding hydrogens is 466 g/mol. The minimum absolute atomic E-state index is 0.0233. The molecule has 0 aliphatic rings. The van der Waals surface area contributed by atoms with E-state index in [4.69, 9.17) is 9.47 Å². The summed E-state index contributed by atoms with van der Waals surface area (Å²) in [5.41, 5.74) is 0.797. The molecule has 0 atom stereocenters. The Labute approximate surface area is 205 Å². The molecule has 0 radical (unpaired) electrons. The topological polar surface area (TPSA) is 123 Å². The Kier molecular flexibility index (Phi) is 7.40. The van der Waals surface area contributed by atoms with Gasteiger partial charge in [0.1, 0.15) is 5.75 Å². The number of nitriles is 1. The number of rotatable bonds is 9. The summed E-state index contributed by atoms with van der Waals surface area (Å²) in [6, 6.07) is 25.0. The highest BCUT2D eigenvalue weighted by Gasteiger charge is 2.28. The lowest BCUT2D eigenvalue weighted by molar-refractivity contribution is -0.385. The number of anilines is 1. The zero-order valence-corrected chi connectivity index (χ0v) is 19.4. The Bertz CT molecular complexity index is 1380. The van der Waals surface area contributed by atoms with Gasteiger partial charge in [-0.2, -0.15) is 15.2 Å². The van der Waals surface area contributed by atoms with Crippen molar-refractivity contribution in [2.75, 3.05) is 11.6 Å². The van der Waals surface area contributed by atoms with Crippen LogP contribution in [-0.2, 0) is 6.54 Å². The number of ether oxygens (including phenoxy) is 2. The summed E-state index contributed by atoms with van der Waals surface area (Å²) in [7, 11) is 0. The smallest absolute Gasteiger partial charge is 0.373 e. The van der Waals surface area contributed by atoms with E-state index in [2.05, 4.69) is 15.3 Å². The number of aromatic nitrogens is 2. The van der Waals surface area contributed by atoms with Gasteiger partial charge in [-0.25, -0.2) is 0 Å². The first-order valence-corrected chi connectivity index (χ1v) is 11.6. The number of para-hydroxylation sites is 1. The van der Waals surface area contributed by atoms with Crippen molar-refractivity contribution in [1.82, 2.24) is 9.97 Å². The lowest BCUT2D eigenvalue weighted by atomic mass is 10.2. The maximum absolute atomic E-state index is 12.1. The highest BCUT2D eigenvalue weighted by atomic mass is 32.2. The van der Waals surface area contributed by atoms with Gasteiger partial charge in [0.15, 0.2) is 16.7 Å². The van der Waals surface area contributed by atoms with E-state index in [1.165, 1.54) is 17.8 Å². The molecule has 0 bridgehead atoms. The molecule has 0 saturated heterocycles. The normalized spacial score (nSPS) is 10.3. The fraction of sp³-hybridized carbons (Fsp3) is 0.0800. The molecule has 35 heavy (non-hydrogen) atoms. The van der Waals surface area contributed by atoms with Crippen molar-refractivity contribution in [2.24, 2.45) is 0 Å². The number of thioether (sulfide) groups is 1. The van der Waals surface area contributed by atoms with Gasteiger partial charge in [0.25, 0.3) is 0 Å². The van der Waals surface area contributed by atoms with Gasteiger partial charge in [0, 0.05) is 12.6 Å². The van der Waals surface area contributed by atoms with Gasteiger partial charge >= 0.3 is 11.6 Å². The number of nitrogens with zero attached hydrogens (tertiary/aromatic N) is 4. The van der Waals surface area contributed by atoms with Gasteiger partial charge in [0.05, 0.1) is 16.6 Å². The van der Waals surface area contributed by atoms with E-state index in [1.807, 2.05) is 54.6 Å². The first-order chi connectivity index (χ1) is 17.1. The molecule has 1 aromatic heterocycles. The van der Waals surface area contributed by atoms with E-state index in [0.29, 0.717) is 17.9 Å². The third-order valence-electron chi connectivity index (χ3n) is 4.75. The van der Waals surface area contributed by atoms with Crippen LogP contribution < -0.4 is 14.8 Å². The molecule has 174 valence electrons. The van der Waals surface area contributed by atoms with Crippen molar-refractivity contribution in [3.05, 3.63) is 100 Å². The van der Waals surface area contributed by atoms with Gasteiger partial charge in [0.2, 0.25) is 5.82 Å². The molecule has 0 aliphatic heterocycles. The summed E-state index contributed by atoms with van der Waals surface area (Å²) < 4.78 is 11.8. The van der Waals surface area contributed by atoms with Gasteiger partial charge in [-0.1, -0.05) is 60.3 Å². The molecule has 4 rings (SSSR count). The fourth-order valence-corrected chi connectivity index (χ4v) is 3.46. The minimum Gasteiger partial charge on any atom is -0.453 e. The average Bonchev–Trinajstić information content (AvgIpc) is 2.89. The molecule has 0 amide bonds. The van der Waals surface area contributed by atoms with Gasteiger partial charge in [-0.05, 0) is 36.1 Å². The van der Waals surface area contributed by atoms with Crippen LogP contribution in [0.2, 0.25) is 0 Å². The molecule has 9 nitrogen and oxygen atoms in total. The van der Waals surface area contributed by atoms with Gasteiger partial charge < -0.3 is 14.8 Å². The van der Waals surface area contributed by atoms with Crippen molar-refractivity contribution in [3.63, 3.8) is 0 Å². The molecule has 3 aromatic carbocycles. The van der Waals surface area contributed by atoms with Crippen LogP contribution in [-0.4, -0.2) is 21.1 Å². The summed E-state index contributed by atoms with van der Waals surface area (Å²) in [5, 5.41) is 24.7. The van der Waals surface area contributed by atoms with E-state index >= 15 is 0 Å². The zero-order chi connectivity index (χ0) is 24.6. The van der Waals surface area contributed by atoms with Crippen molar-refractivity contribution in [3.8, 4) is 29.2 Å². The van der Waals surface area contributed by atoms with E-state index in [0.717, 1.165) is 5.56 Å². The van der Waals surface area contributed by atoms with Crippen LogP contribution in [0.3, 0.4) is 0 Å². The number of hydrogen-bond acceptors (Lipinski definition) is 9. The highest BCUT2D eigenvalue weighted by Crippen LogP contribution is 2.41. The predicted molar refractivity (Wildman–Crippen MR) is 132 cm³/mol. The number of nitrogens with one attached hydrogen (secondary N) is 1. The molecule has 0 fully saturated rings. The van der Waals surface area contributed by atoms with Crippen LogP contribution in [0.5, 0.6) is 23.1 Å². The standard InChI is InChI=1S/C25H19N5O4S/c1-35-25-28-23(27-16-17-8-4-2-5-9-17)22(30(31)32)24(29-25)34-21-14-18(15-26)12-13-20(21)33-19-10-6-3-7-11-19/h2-14H,16H2,1H3,(H,27,28,29). The van der Waals surface area contributed by atoms with Crippen molar-refractivity contribution in [1.29, 1.82) is 5.26 Å². The Morgan fingerprint density at radius 3 is 2.37 bits per heavy atom. The quantitative estimate of drug-likeness (QED) is 0.128. The van der Waals surface area contributed by atoms with Crippen LogP contribution >= 0.6 is 11.8 Å². The molecule has 0 saturated carbocycles. The summed E-state index contributed by atoms with van der Waals surface area (Å²) >= 11 is 1.22.